The molecule has 1 aromatic heterocycles. The van der Waals surface area contributed by atoms with E-state index in [1.165, 1.54) is 36.3 Å². The number of nitrogens with zero attached hydrogens (tertiary/aromatic N) is 2. The topological polar surface area (TPSA) is 157 Å². The average Bonchev–Trinajstić information content (AvgIpc) is 3.57. The molecule has 3 aliphatic carbocycles. The van der Waals surface area contributed by atoms with Crippen LogP contribution in [-0.4, -0.2) is 83.9 Å². The SMILES string of the molecule is CC1=C(C)C(=O)OC([C@](C)(O)[C@]2(O)CC[C@@]3(O)C4CO[C@@]5(C)[C@@H](OC(=O)n6ccnc6)C=CC(=O)[C@]5(C)C4CC[C@]23C)C1. The highest BCUT2D eigenvalue weighted by Gasteiger charge is 2.78. The van der Waals surface area contributed by atoms with Crippen molar-refractivity contribution in [2.75, 3.05) is 6.61 Å². The maximum absolute atomic E-state index is 13.8. The van der Waals surface area contributed by atoms with Crippen LogP contribution in [0.2, 0.25) is 0 Å². The molecule has 0 aromatic carbocycles. The lowest BCUT2D eigenvalue weighted by Crippen LogP contribution is -2.76. The van der Waals surface area contributed by atoms with Gasteiger partial charge in [-0.2, -0.15) is 0 Å². The molecule has 234 valence electrons. The molecule has 1 aromatic rings. The first-order chi connectivity index (χ1) is 20.0. The number of rotatable bonds is 3. The first-order valence-corrected chi connectivity index (χ1v) is 15.1. The van der Waals surface area contributed by atoms with Gasteiger partial charge in [-0.3, -0.25) is 4.79 Å². The smallest absolute Gasteiger partial charge is 0.419 e. The van der Waals surface area contributed by atoms with Gasteiger partial charge in [0.1, 0.15) is 29.2 Å². The van der Waals surface area contributed by atoms with E-state index in [-0.39, 0.29) is 37.6 Å². The van der Waals surface area contributed by atoms with Crippen LogP contribution in [0.1, 0.15) is 73.6 Å². The zero-order valence-corrected chi connectivity index (χ0v) is 25.6. The lowest BCUT2D eigenvalue weighted by molar-refractivity contribution is -0.312. The second-order valence-corrected chi connectivity index (χ2v) is 14.1. The van der Waals surface area contributed by atoms with Gasteiger partial charge in [-0.1, -0.05) is 12.5 Å². The van der Waals surface area contributed by atoms with Crippen molar-refractivity contribution in [3.63, 3.8) is 0 Å². The molecular weight excluding hydrogens is 556 g/mol. The van der Waals surface area contributed by atoms with Crippen LogP contribution in [0.3, 0.4) is 0 Å². The fourth-order valence-electron chi connectivity index (χ4n) is 9.28. The zero-order chi connectivity index (χ0) is 31.4. The third-order valence-corrected chi connectivity index (χ3v) is 12.7. The maximum Gasteiger partial charge on any atom is 0.419 e. The van der Waals surface area contributed by atoms with E-state index in [0.717, 1.165) is 5.57 Å². The van der Waals surface area contributed by atoms with Crippen molar-refractivity contribution in [2.45, 2.75) is 108 Å². The minimum Gasteiger partial charge on any atom is -0.455 e. The highest BCUT2D eigenvalue weighted by atomic mass is 16.6. The normalized spacial score (nSPS) is 45.5. The van der Waals surface area contributed by atoms with Gasteiger partial charge in [-0.15, -0.1) is 0 Å². The van der Waals surface area contributed by atoms with Crippen molar-refractivity contribution >= 4 is 17.8 Å². The Balaban J connectivity index is 1.33. The van der Waals surface area contributed by atoms with Gasteiger partial charge in [0.05, 0.1) is 17.6 Å². The van der Waals surface area contributed by atoms with E-state index in [0.29, 0.717) is 18.4 Å². The second-order valence-electron chi connectivity index (χ2n) is 14.1. The number of ether oxygens (including phenoxy) is 3. The Hall–Kier alpha value is -2.86. The molecule has 5 aliphatic rings. The summed E-state index contributed by atoms with van der Waals surface area (Å²) in [6.45, 7) is 10.4. The van der Waals surface area contributed by atoms with Crippen LogP contribution in [-0.2, 0) is 23.8 Å². The van der Waals surface area contributed by atoms with E-state index >= 15 is 0 Å². The van der Waals surface area contributed by atoms with Crippen LogP contribution in [0.15, 0.2) is 42.0 Å². The molecule has 0 spiro atoms. The lowest BCUT2D eigenvalue weighted by atomic mass is 9.44. The first-order valence-electron chi connectivity index (χ1n) is 15.1. The standard InChI is InChI=1S/C32H42N2O9/c1-18-15-24(42-25(36)19(18)2)29(5,38)32(40)12-11-31(39)21-16-41-30(6)23(43-26(37)34-14-13-33-17-34)8-7-22(35)28(30,4)20(21)9-10-27(31,32)3/h7-8,13-14,17,20-21,23-24,38-40H,9-12,15-16H2,1-6H3/t20?,21?,23-,24?,27-,28-,29-,30-,31+,32-/m0/s1. The van der Waals surface area contributed by atoms with Gasteiger partial charge in [0.25, 0.3) is 0 Å². The number of ketones is 1. The molecule has 3 unspecified atom stereocenters. The molecule has 0 amide bonds. The van der Waals surface area contributed by atoms with Crippen molar-refractivity contribution < 1.29 is 43.9 Å². The first kappa shape index (κ1) is 30.2. The molecule has 11 heteroatoms. The van der Waals surface area contributed by atoms with Crippen LogP contribution < -0.4 is 0 Å². The van der Waals surface area contributed by atoms with Crippen molar-refractivity contribution in [3.8, 4) is 0 Å². The molecule has 1 saturated heterocycles. The minimum atomic E-state index is -1.87. The zero-order valence-electron chi connectivity index (χ0n) is 25.6. The molecule has 0 bridgehead atoms. The molecule has 10 atom stereocenters. The second kappa shape index (κ2) is 9.32. The Labute approximate surface area is 250 Å². The summed E-state index contributed by atoms with van der Waals surface area (Å²) in [5.41, 5.74) is -7.52. The Morgan fingerprint density at radius 2 is 1.86 bits per heavy atom. The van der Waals surface area contributed by atoms with Gasteiger partial charge >= 0.3 is 12.1 Å². The lowest BCUT2D eigenvalue weighted by Gasteiger charge is -2.66. The van der Waals surface area contributed by atoms with Gasteiger partial charge in [0.2, 0.25) is 0 Å². The number of carbonyl (C=O) groups excluding carboxylic acids is 3. The fraction of sp³-hybridized carbons (Fsp3) is 0.688. The predicted octanol–water partition coefficient (Wildman–Crippen LogP) is 2.86. The number of aromatic nitrogens is 2. The fourth-order valence-corrected chi connectivity index (χ4v) is 9.28. The molecule has 2 aliphatic heterocycles. The summed E-state index contributed by atoms with van der Waals surface area (Å²) in [6.07, 6.45) is 5.97. The van der Waals surface area contributed by atoms with Crippen molar-refractivity contribution in [2.24, 2.45) is 22.7 Å². The van der Waals surface area contributed by atoms with E-state index in [2.05, 4.69) is 4.98 Å². The molecular formula is C32H42N2O9. The monoisotopic (exact) mass is 598 g/mol. The summed E-state index contributed by atoms with van der Waals surface area (Å²) >= 11 is 0. The van der Waals surface area contributed by atoms with Gasteiger partial charge in [-0.05, 0) is 78.4 Å². The molecule has 11 nitrogen and oxygen atoms in total. The van der Waals surface area contributed by atoms with E-state index in [4.69, 9.17) is 14.2 Å². The summed E-state index contributed by atoms with van der Waals surface area (Å²) in [6, 6.07) is 0. The van der Waals surface area contributed by atoms with Gasteiger partial charge in [0.15, 0.2) is 11.9 Å². The number of allylic oxidation sites excluding steroid dienone is 1. The summed E-state index contributed by atoms with van der Waals surface area (Å²) in [7, 11) is 0. The molecule has 2 saturated carbocycles. The number of esters is 1. The molecule has 3 N–H and O–H groups in total. The van der Waals surface area contributed by atoms with E-state index in [1.807, 2.05) is 13.8 Å². The third-order valence-electron chi connectivity index (χ3n) is 12.7. The molecule has 3 fully saturated rings. The van der Waals surface area contributed by atoms with Gasteiger partial charge < -0.3 is 29.5 Å². The summed E-state index contributed by atoms with van der Waals surface area (Å²) in [5.74, 6) is -1.64. The number of carbonyl (C=O) groups is 3. The van der Waals surface area contributed by atoms with Gasteiger partial charge in [-0.25, -0.2) is 19.1 Å². The Morgan fingerprint density at radius 3 is 2.51 bits per heavy atom. The summed E-state index contributed by atoms with van der Waals surface area (Å²) in [5, 5.41) is 37.1. The van der Waals surface area contributed by atoms with Crippen molar-refractivity contribution in [1.29, 1.82) is 0 Å². The maximum atomic E-state index is 13.8. The van der Waals surface area contributed by atoms with Crippen molar-refractivity contribution in [3.05, 3.63) is 42.0 Å². The predicted molar refractivity (Wildman–Crippen MR) is 151 cm³/mol. The largest absolute Gasteiger partial charge is 0.455 e. The number of hydrogen-bond donors (Lipinski definition) is 3. The number of fused-ring (bicyclic) bond motifs is 5. The number of cyclic esters (lactones) is 1. The van der Waals surface area contributed by atoms with E-state index in [9.17, 15) is 29.7 Å². The number of hydrogen-bond acceptors (Lipinski definition) is 10. The van der Waals surface area contributed by atoms with Crippen LogP contribution in [0, 0.1) is 22.7 Å². The van der Waals surface area contributed by atoms with Crippen LogP contribution in [0.25, 0.3) is 0 Å². The minimum absolute atomic E-state index is 0.0563. The number of aliphatic hydroxyl groups is 3. The summed E-state index contributed by atoms with van der Waals surface area (Å²) in [4.78, 5) is 43.1. The highest BCUT2D eigenvalue weighted by molar-refractivity contribution is 5.97. The molecule has 6 rings (SSSR count). The molecule has 43 heavy (non-hydrogen) atoms. The van der Waals surface area contributed by atoms with Crippen molar-refractivity contribution in [1.82, 2.24) is 9.55 Å². The molecule has 3 heterocycles. The molecule has 0 radical (unpaired) electrons. The van der Waals surface area contributed by atoms with Crippen LogP contribution >= 0.6 is 0 Å². The van der Waals surface area contributed by atoms with Crippen LogP contribution in [0.4, 0.5) is 4.79 Å². The van der Waals surface area contributed by atoms with Gasteiger partial charge in [0, 0.05) is 35.7 Å². The Morgan fingerprint density at radius 1 is 1.14 bits per heavy atom. The quantitative estimate of drug-likeness (QED) is 0.442. The third kappa shape index (κ3) is 3.62. The van der Waals surface area contributed by atoms with Crippen LogP contribution in [0.5, 0.6) is 0 Å². The summed E-state index contributed by atoms with van der Waals surface area (Å²) < 4.78 is 19.2. The Bertz CT molecular complexity index is 1430. The number of imidazole rings is 1. The Kier molecular flexibility index (Phi) is 6.54. The van der Waals surface area contributed by atoms with E-state index in [1.54, 1.807) is 26.8 Å². The highest BCUT2D eigenvalue weighted by Crippen LogP contribution is 2.70. The average molecular weight is 599 g/mol. The van der Waals surface area contributed by atoms with E-state index < -0.39 is 63.4 Å².